The highest BCUT2D eigenvalue weighted by atomic mass is 32.2. The van der Waals surface area contributed by atoms with Crippen LogP contribution in [0.1, 0.15) is 21.5 Å². The molecular formula is C18H15NO4S. The largest absolute Gasteiger partial charge is 0.509 e. The van der Waals surface area contributed by atoms with E-state index in [0.717, 1.165) is 11.1 Å². The van der Waals surface area contributed by atoms with E-state index in [-0.39, 0.29) is 5.91 Å². The van der Waals surface area contributed by atoms with Gasteiger partial charge in [-0.3, -0.25) is 9.69 Å². The SMILES string of the molecule is COC(=O)OC1CSC2(c3ccccc3)c3ccccc3C(=O)N12. The van der Waals surface area contributed by atoms with Crippen LogP contribution in [0.15, 0.2) is 54.6 Å². The zero-order chi connectivity index (χ0) is 16.7. The third kappa shape index (κ3) is 1.96. The van der Waals surface area contributed by atoms with Crippen molar-refractivity contribution in [2.24, 2.45) is 0 Å². The van der Waals surface area contributed by atoms with Crippen molar-refractivity contribution in [2.45, 2.75) is 11.1 Å². The van der Waals surface area contributed by atoms with Crippen LogP contribution < -0.4 is 0 Å². The molecule has 0 spiro atoms. The molecule has 0 radical (unpaired) electrons. The molecular weight excluding hydrogens is 326 g/mol. The number of thioether (sulfide) groups is 1. The average molecular weight is 341 g/mol. The van der Waals surface area contributed by atoms with Gasteiger partial charge in [0.1, 0.15) is 4.87 Å². The molecule has 0 N–H and O–H groups in total. The van der Waals surface area contributed by atoms with Crippen molar-refractivity contribution in [3.8, 4) is 0 Å². The number of carbonyl (C=O) groups excluding carboxylic acids is 2. The Labute approximate surface area is 143 Å². The Balaban J connectivity index is 1.87. The summed E-state index contributed by atoms with van der Waals surface area (Å²) in [7, 11) is 1.26. The molecule has 0 aliphatic carbocycles. The van der Waals surface area contributed by atoms with E-state index in [0.29, 0.717) is 11.3 Å². The van der Waals surface area contributed by atoms with Crippen molar-refractivity contribution >= 4 is 23.8 Å². The molecule has 2 aromatic rings. The molecule has 2 atom stereocenters. The zero-order valence-corrected chi connectivity index (χ0v) is 13.8. The molecule has 2 aliphatic rings. The zero-order valence-electron chi connectivity index (χ0n) is 13.0. The Morgan fingerprint density at radius 1 is 1.17 bits per heavy atom. The summed E-state index contributed by atoms with van der Waals surface area (Å²) in [5, 5.41) is 0. The molecule has 1 fully saturated rings. The monoisotopic (exact) mass is 341 g/mol. The fourth-order valence-electron chi connectivity index (χ4n) is 3.40. The Bertz CT molecular complexity index is 810. The number of hydrogen-bond acceptors (Lipinski definition) is 5. The van der Waals surface area contributed by atoms with Gasteiger partial charge < -0.3 is 9.47 Å². The van der Waals surface area contributed by atoms with E-state index in [1.807, 2.05) is 54.6 Å². The summed E-state index contributed by atoms with van der Waals surface area (Å²) in [4.78, 5) is 25.6. The Kier molecular flexibility index (Phi) is 3.49. The van der Waals surface area contributed by atoms with E-state index in [4.69, 9.17) is 4.74 Å². The lowest BCUT2D eigenvalue weighted by Gasteiger charge is -2.34. The van der Waals surface area contributed by atoms with Crippen LogP contribution in [-0.4, -0.2) is 36.1 Å². The number of fused-ring (bicyclic) bond motifs is 3. The molecule has 122 valence electrons. The molecule has 1 amide bonds. The van der Waals surface area contributed by atoms with E-state index in [1.165, 1.54) is 7.11 Å². The third-order valence-corrected chi connectivity index (χ3v) is 5.89. The summed E-state index contributed by atoms with van der Waals surface area (Å²) >= 11 is 1.59. The molecule has 24 heavy (non-hydrogen) atoms. The number of methoxy groups -OCH3 is 1. The third-order valence-electron chi connectivity index (χ3n) is 4.37. The minimum Gasteiger partial charge on any atom is -0.438 e. The van der Waals surface area contributed by atoms with Gasteiger partial charge in [-0.15, -0.1) is 11.8 Å². The van der Waals surface area contributed by atoms with Crippen molar-refractivity contribution in [3.05, 3.63) is 71.3 Å². The lowest BCUT2D eigenvalue weighted by molar-refractivity contribution is -0.0242. The van der Waals surface area contributed by atoms with Crippen LogP contribution in [0.4, 0.5) is 4.79 Å². The second-order valence-corrected chi connectivity index (χ2v) is 6.78. The van der Waals surface area contributed by atoms with Crippen LogP contribution in [-0.2, 0) is 14.3 Å². The van der Waals surface area contributed by atoms with Gasteiger partial charge >= 0.3 is 6.16 Å². The minimum atomic E-state index is -0.784. The fraction of sp³-hybridized carbons (Fsp3) is 0.222. The Morgan fingerprint density at radius 2 is 1.88 bits per heavy atom. The first-order valence-electron chi connectivity index (χ1n) is 7.55. The maximum atomic E-state index is 13.0. The van der Waals surface area contributed by atoms with Crippen molar-refractivity contribution in [2.75, 3.05) is 12.9 Å². The van der Waals surface area contributed by atoms with Crippen LogP contribution in [0.25, 0.3) is 0 Å². The fourth-order valence-corrected chi connectivity index (χ4v) is 4.98. The summed E-state index contributed by atoms with van der Waals surface area (Å²) < 4.78 is 9.95. The highest BCUT2D eigenvalue weighted by Crippen LogP contribution is 2.57. The molecule has 1 saturated heterocycles. The summed E-state index contributed by atoms with van der Waals surface area (Å²) in [6.45, 7) is 0. The highest BCUT2D eigenvalue weighted by molar-refractivity contribution is 8.00. The molecule has 2 aliphatic heterocycles. The minimum absolute atomic E-state index is 0.131. The van der Waals surface area contributed by atoms with Crippen LogP contribution in [0, 0.1) is 0 Å². The van der Waals surface area contributed by atoms with E-state index in [1.54, 1.807) is 16.7 Å². The van der Waals surface area contributed by atoms with Crippen molar-refractivity contribution in [1.29, 1.82) is 0 Å². The van der Waals surface area contributed by atoms with E-state index in [2.05, 4.69) is 4.74 Å². The lowest BCUT2D eigenvalue weighted by atomic mass is 9.97. The lowest BCUT2D eigenvalue weighted by Crippen LogP contribution is -2.45. The van der Waals surface area contributed by atoms with Gasteiger partial charge in [-0.05, 0) is 11.6 Å². The molecule has 0 saturated carbocycles. The van der Waals surface area contributed by atoms with Crippen molar-refractivity contribution in [3.63, 3.8) is 0 Å². The molecule has 4 rings (SSSR count). The standard InChI is InChI=1S/C18H15NO4S/c1-22-17(21)23-15-11-24-18(12-7-3-2-4-8-12)14-10-6-5-9-13(14)16(20)19(15)18/h2-10,15H,11H2,1H3. The first-order chi connectivity index (χ1) is 11.7. The summed E-state index contributed by atoms with van der Waals surface area (Å²) in [6.07, 6.45) is -1.45. The second kappa shape index (κ2) is 5.56. The van der Waals surface area contributed by atoms with Gasteiger partial charge in [0.25, 0.3) is 5.91 Å². The number of ether oxygens (including phenoxy) is 2. The van der Waals surface area contributed by atoms with E-state index in [9.17, 15) is 9.59 Å². The van der Waals surface area contributed by atoms with Gasteiger partial charge in [0.05, 0.1) is 12.9 Å². The van der Waals surface area contributed by atoms with Crippen LogP contribution in [0.2, 0.25) is 0 Å². The highest BCUT2D eigenvalue weighted by Gasteiger charge is 2.59. The first kappa shape index (κ1) is 15.1. The molecule has 6 heteroatoms. The van der Waals surface area contributed by atoms with Gasteiger partial charge in [-0.2, -0.15) is 0 Å². The predicted octanol–water partition coefficient (Wildman–Crippen LogP) is 3.20. The molecule has 2 unspecified atom stereocenters. The average Bonchev–Trinajstić information content (AvgIpc) is 3.12. The summed E-state index contributed by atoms with van der Waals surface area (Å²) in [6, 6.07) is 17.4. The molecule has 0 aromatic heterocycles. The van der Waals surface area contributed by atoms with Crippen LogP contribution >= 0.6 is 11.8 Å². The Morgan fingerprint density at radius 3 is 2.62 bits per heavy atom. The predicted molar refractivity (Wildman–Crippen MR) is 89.6 cm³/mol. The van der Waals surface area contributed by atoms with Crippen molar-refractivity contribution in [1.82, 2.24) is 4.90 Å². The molecule has 0 bridgehead atoms. The summed E-state index contributed by atoms with van der Waals surface area (Å²) in [5.41, 5.74) is 2.57. The van der Waals surface area contributed by atoms with Crippen molar-refractivity contribution < 1.29 is 19.1 Å². The molecule has 2 heterocycles. The number of amides is 1. The number of benzene rings is 2. The van der Waals surface area contributed by atoms with Gasteiger partial charge in [-0.25, -0.2) is 4.79 Å². The first-order valence-corrected chi connectivity index (χ1v) is 8.54. The molecule has 5 nitrogen and oxygen atoms in total. The van der Waals surface area contributed by atoms with E-state index < -0.39 is 17.3 Å². The van der Waals surface area contributed by atoms with Crippen LogP contribution in [0.5, 0.6) is 0 Å². The smallest absolute Gasteiger partial charge is 0.438 e. The van der Waals surface area contributed by atoms with Crippen LogP contribution in [0.3, 0.4) is 0 Å². The number of nitrogens with zero attached hydrogens (tertiary/aromatic N) is 1. The summed E-state index contributed by atoms with van der Waals surface area (Å²) in [5.74, 6) is 0.359. The number of hydrogen-bond donors (Lipinski definition) is 0. The van der Waals surface area contributed by atoms with Gasteiger partial charge in [-0.1, -0.05) is 48.5 Å². The van der Waals surface area contributed by atoms with Gasteiger partial charge in [0, 0.05) is 11.1 Å². The van der Waals surface area contributed by atoms with Gasteiger partial charge in [0.15, 0.2) is 6.23 Å². The topological polar surface area (TPSA) is 55.8 Å². The van der Waals surface area contributed by atoms with E-state index >= 15 is 0 Å². The number of carbonyl (C=O) groups is 2. The van der Waals surface area contributed by atoms with Gasteiger partial charge in [0.2, 0.25) is 0 Å². The maximum Gasteiger partial charge on any atom is 0.509 e. The number of rotatable bonds is 2. The Hall–Kier alpha value is -2.47. The quantitative estimate of drug-likeness (QED) is 0.785. The maximum absolute atomic E-state index is 13.0. The normalized spacial score (nSPS) is 24.5. The molecule has 2 aromatic carbocycles. The second-order valence-electron chi connectivity index (χ2n) is 5.57.